The molecule has 0 atom stereocenters. The molecule has 0 saturated heterocycles. The van der Waals surface area contributed by atoms with E-state index < -0.39 is 5.69 Å². The molecule has 0 aromatic heterocycles. The number of hydrogen-bond acceptors (Lipinski definition) is 4. The average Bonchev–Trinajstić information content (AvgIpc) is 2.14. The minimum absolute atomic E-state index is 0. The summed E-state index contributed by atoms with van der Waals surface area (Å²) in [5, 5.41) is 0. The van der Waals surface area contributed by atoms with Crippen molar-refractivity contribution in [1.29, 1.82) is 0 Å². The molecule has 0 spiro atoms. The van der Waals surface area contributed by atoms with E-state index in [1.54, 1.807) is 0 Å². The van der Waals surface area contributed by atoms with Crippen molar-refractivity contribution in [3.8, 4) is 0 Å². The molecule has 0 fully saturated rings. The zero-order valence-corrected chi connectivity index (χ0v) is 13.5. The Morgan fingerprint density at radius 1 is 1.44 bits per heavy atom. The van der Waals surface area contributed by atoms with Crippen LogP contribution in [0.4, 0.5) is 0 Å². The van der Waals surface area contributed by atoms with Gasteiger partial charge in [-0.15, -0.1) is 0 Å². The van der Waals surface area contributed by atoms with E-state index >= 15 is 0 Å². The third-order valence-electron chi connectivity index (χ3n) is 1.57. The van der Waals surface area contributed by atoms with E-state index in [9.17, 15) is 9.79 Å². The molecule has 0 aliphatic heterocycles. The van der Waals surface area contributed by atoms with Gasteiger partial charge in [0.2, 0.25) is 0 Å². The fraction of sp³-hybridized carbons (Fsp3) is 0.400. The molecule has 0 aliphatic carbocycles. The first-order valence-corrected chi connectivity index (χ1v) is 8.27. The normalized spacial score (nSPS) is 9.75. The summed E-state index contributed by atoms with van der Waals surface area (Å²) >= 11 is 7.28. The van der Waals surface area contributed by atoms with E-state index in [0.29, 0.717) is 0 Å². The molecule has 1 rings (SSSR count). The van der Waals surface area contributed by atoms with Crippen molar-refractivity contribution in [1.82, 2.24) is 0 Å². The summed E-state index contributed by atoms with van der Waals surface area (Å²) < 4.78 is 0. The van der Waals surface area contributed by atoms with E-state index in [2.05, 4.69) is 49.2 Å². The third kappa shape index (κ3) is 17.2. The summed E-state index contributed by atoms with van der Waals surface area (Å²) in [6, 6.07) is 11.4. The predicted octanol–water partition coefficient (Wildman–Crippen LogP) is 1.31. The Morgan fingerprint density at radius 3 is 2.38 bits per heavy atom. The molecule has 2 nitrogen and oxygen atoms in total. The smallest absolute Gasteiger partial charge is 0.850 e. The van der Waals surface area contributed by atoms with Gasteiger partial charge < -0.3 is 27.7 Å². The number of benzene rings is 1. The Bertz CT molecular complexity index is 295. The number of unbranched alkanes of at least 4 members (excludes halogenated alkanes) is 1. The summed E-state index contributed by atoms with van der Waals surface area (Å²) in [6.07, 6.45) is 3.72. The molecular weight excluding hydrogens is 343 g/mol. The Morgan fingerprint density at radius 2 is 2.00 bits per heavy atom. The zero-order chi connectivity index (χ0) is 11.7. The molecule has 0 aliphatic rings. The molecule has 0 heterocycles. The Labute approximate surface area is 122 Å². The second-order valence-corrected chi connectivity index (χ2v) is 7.41. The Hall–Kier alpha value is 0.828. The SMILES string of the molecule is CCCCc1[c-]cccc1.[Mo+4].[O-]P([O-])(=S)[S-]. The minimum Gasteiger partial charge on any atom is -0.850 e. The van der Waals surface area contributed by atoms with Gasteiger partial charge in [0.1, 0.15) is 0 Å². The predicted molar refractivity (Wildman–Crippen MR) is 65.5 cm³/mol. The van der Waals surface area contributed by atoms with Gasteiger partial charge in [-0.1, -0.05) is 26.2 Å². The molecule has 88 valence electrons. The largest absolute Gasteiger partial charge is 4.00 e. The van der Waals surface area contributed by atoms with Crippen LogP contribution in [0.3, 0.4) is 0 Å². The second kappa shape index (κ2) is 10.9. The van der Waals surface area contributed by atoms with Crippen molar-refractivity contribution in [3.63, 3.8) is 0 Å². The van der Waals surface area contributed by atoms with Crippen LogP contribution >= 0.6 is 5.69 Å². The molecule has 0 saturated carbocycles. The summed E-state index contributed by atoms with van der Waals surface area (Å²) in [5.74, 6) is 0. The number of rotatable bonds is 3. The average molecular weight is 356 g/mol. The van der Waals surface area contributed by atoms with Crippen LogP contribution in [0, 0.1) is 6.07 Å². The van der Waals surface area contributed by atoms with Crippen molar-refractivity contribution in [3.05, 3.63) is 35.9 Å². The van der Waals surface area contributed by atoms with Crippen LogP contribution in [0.2, 0.25) is 0 Å². The van der Waals surface area contributed by atoms with E-state index in [0.717, 1.165) is 0 Å². The second-order valence-electron chi connectivity index (χ2n) is 2.94. The Balaban J connectivity index is 0. The van der Waals surface area contributed by atoms with Gasteiger partial charge in [0.05, 0.1) is 0 Å². The monoisotopic (exact) mass is 358 g/mol. The van der Waals surface area contributed by atoms with Gasteiger partial charge in [-0.05, 0) is 0 Å². The van der Waals surface area contributed by atoms with Crippen LogP contribution < -0.4 is 9.79 Å². The molecule has 6 heteroatoms. The molecule has 0 bridgehead atoms. The van der Waals surface area contributed by atoms with Crippen LogP contribution in [0.5, 0.6) is 0 Å². The third-order valence-corrected chi connectivity index (χ3v) is 1.57. The maximum absolute atomic E-state index is 9.29. The minimum atomic E-state index is -3.72. The van der Waals surface area contributed by atoms with Gasteiger partial charge in [0.15, 0.2) is 0 Å². The zero-order valence-electron chi connectivity index (χ0n) is 8.92. The Kier molecular flexibility index (Phi) is 13.1. The van der Waals surface area contributed by atoms with Crippen LogP contribution in [-0.2, 0) is 51.5 Å². The van der Waals surface area contributed by atoms with E-state index in [1.807, 2.05) is 12.1 Å². The van der Waals surface area contributed by atoms with Gasteiger partial charge in [0.25, 0.3) is 0 Å². The van der Waals surface area contributed by atoms with E-state index in [-0.39, 0.29) is 21.1 Å². The fourth-order valence-electron chi connectivity index (χ4n) is 0.953. The topological polar surface area (TPSA) is 46.1 Å². The molecule has 0 N–H and O–H groups in total. The maximum atomic E-state index is 9.29. The van der Waals surface area contributed by atoms with E-state index in [1.165, 1.54) is 24.8 Å². The van der Waals surface area contributed by atoms with Gasteiger partial charge >= 0.3 is 21.1 Å². The van der Waals surface area contributed by atoms with Crippen molar-refractivity contribution in [2.45, 2.75) is 26.2 Å². The van der Waals surface area contributed by atoms with Crippen molar-refractivity contribution >= 4 is 29.7 Å². The summed E-state index contributed by atoms with van der Waals surface area (Å²) in [6.45, 7) is 2.21. The molecule has 1 aromatic rings. The summed E-state index contributed by atoms with van der Waals surface area (Å²) in [7, 11) is 0. The summed E-state index contributed by atoms with van der Waals surface area (Å²) in [5.41, 5.74) is -2.38. The molecule has 0 radical (unpaired) electrons. The molecule has 1 aromatic carbocycles. The first-order chi connectivity index (χ1) is 6.93. The molecule has 16 heavy (non-hydrogen) atoms. The van der Waals surface area contributed by atoms with Crippen LogP contribution in [0.25, 0.3) is 0 Å². The fourth-order valence-corrected chi connectivity index (χ4v) is 0.953. The maximum Gasteiger partial charge on any atom is 4.00 e. The van der Waals surface area contributed by atoms with Gasteiger partial charge in [-0.2, -0.15) is 47.7 Å². The van der Waals surface area contributed by atoms with Crippen LogP contribution in [-0.4, -0.2) is 0 Å². The molecule has 0 unspecified atom stereocenters. The van der Waals surface area contributed by atoms with Crippen molar-refractivity contribution in [2.24, 2.45) is 0 Å². The molecule has 0 amide bonds. The first kappa shape index (κ1) is 19.2. The quantitative estimate of drug-likeness (QED) is 0.355. The standard InChI is InChI=1S/C10H13.Mo.H3O2PS2/c1-2-3-7-10-8-5-4-6-9-10;;1-3(2,4)5/h4-6,8H,2-3,7H2,1H3;;(H3,1,2,4,5)/q-1;+4;/p-3. The first-order valence-electron chi connectivity index (χ1n) is 4.62. The van der Waals surface area contributed by atoms with Gasteiger partial charge in [-0.25, -0.2) is 0 Å². The number of hydrogen-bond donors (Lipinski definition) is 0. The molecular formula is C10H13MoO2PS2. The van der Waals surface area contributed by atoms with Gasteiger partial charge in [0, 0.05) is 0 Å². The van der Waals surface area contributed by atoms with Crippen LogP contribution in [0.15, 0.2) is 24.3 Å². The van der Waals surface area contributed by atoms with Gasteiger partial charge in [-0.3, -0.25) is 0 Å². The van der Waals surface area contributed by atoms with Crippen molar-refractivity contribution in [2.75, 3.05) is 0 Å². The summed E-state index contributed by atoms with van der Waals surface area (Å²) in [4.78, 5) is 18.6. The number of aryl methyl sites for hydroxylation is 1. The van der Waals surface area contributed by atoms with E-state index in [4.69, 9.17) is 0 Å². The van der Waals surface area contributed by atoms with Crippen LogP contribution in [0.1, 0.15) is 25.3 Å². The van der Waals surface area contributed by atoms with Crippen molar-refractivity contribution < 1.29 is 30.9 Å².